The van der Waals surface area contributed by atoms with Crippen molar-refractivity contribution in [2.24, 2.45) is 5.73 Å². The van der Waals surface area contributed by atoms with E-state index in [1.54, 1.807) is 12.4 Å². The van der Waals surface area contributed by atoms with Crippen LogP contribution in [0.1, 0.15) is 18.0 Å². The molecule has 1 atom stereocenters. The molecule has 0 aliphatic rings. The summed E-state index contributed by atoms with van der Waals surface area (Å²) in [6, 6.07) is 1.72. The Labute approximate surface area is 64.7 Å². The van der Waals surface area contributed by atoms with Gasteiger partial charge < -0.3 is 5.73 Å². The molecule has 0 aliphatic heterocycles. The van der Waals surface area contributed by atoms with Crippen molar-refractivity contribution in [3.63, 3.8) is 0 Å². The fraction of sp³-hybridized carbons (Fsp3) is 0.286. The fourth-order valence-corrected chi connectivity index (χ4v) is 0.718. The quantitative estimate of drug-likeness (QED) is 0.658. The van der Waals surface area contributed by atoms with Crippen molar-refractivity contribution in [2.75, 3.05) is 0 Å². The summed E-state index contributed by atoms with van der Waals surface area (Å²) in [7, 11) is 0. The Morgan fingerprint density at radius 1 is 1.55 bits per heavy atom. The molecule has 0 fully saturated rings. The predicted octanol–water partition coefficient (Wildman–Crippen LogP) is 0.390. The standard InChI is InChI=1S/C7H8N4/c8-2-1-7(9)6-3-10-5-11-4-6/h3-5,7H,1,9H2. The van der Waals surface area contributed by atoms with E-state index in [0.717, 1.165) is 5.56 Å². The fourth-order valence-electron chi connectivity index (χ4n) is 0.718. The smallest absolute Gasteiger partial charge is 0.115 e. The summed E-state index contributed by atoms with van der Waals surface area (Å²) >= 11 is 0. The molecule has 56 valence electrons. The molecule has 0 radical (unpaired) electrons. The molecule has 1 aromatic heterocycles. The maximum Gasteiger partial charge on any atom is 0.115 e. The Kier molecular flexibility index (Phi) is 2.53. The molecule has 0 amide bonds. The zero-order valence-corrected chi connectivity index (χ0v) is 5.94. The van der Waals surface area contributed by atoms with Crippen LogP contribution in [0.15, 0.2) is 18.7 Å². The Bertz CT molecular complexity index is 251. The first-order chi connectivity index (χ1) is 5.34. The van der Waals surface area contributed by atoms with E-state index in [4.69, 9.17) is 11.0 Å². The van der Waals surface area contributed by atoms with Crippen molar-refractivity contribution >= 4 is 0 Å². The number of nitrogens with two attached hydrogens (primary N) is 1. The minimum absolute atomic E-state index is 0.263. The number of hydrogen-bond donors (Lipinski definition) is 1. The van der Waals surface area contributed by atoms with Crippen LogP contribution in [0.4, 0.5) is 0 Å². The first-order valence-corrected chi connectivity index (χ1v) is 3.22. The van der Waals surface area contributed by atoms with Crippen LogP contribution >= 0.6 is 0 Å². The van der Waals surface area contributed by atoms with Gasteiger partial charge in [-0.3, -0.25) is 0 Å². The van der Waals surface area contributed by atoms with Crippen LogP contribution in [0.2, 0.25) is 0 Å². The molecule has 4 nitrogen and oxygen atoms in total. The van der Waals surface area contributed by atoms with Gasteiger partial charge in [-0.05, 0) is 0 Å². The van der Waals surface area contributed by atoms with Crippen molar-refractivity contribution in [3.8, 4) is 6.07 Å². The van der Waals surface area contributed by atoms with E-state index in [0.29, 0.717) is 6.42 Å². The lowest BCUT2D eigenvalue weighted by Gasteiger charge is -2.04. The van der Waals surface area contributed by atoms with Gasteiger partial charge >= 0.3 is 0 Å². The van der Waals surface area contributed by atoms with Crippen molar-refractivity contribution in [2.45, 2.75) is 12.5 Å². The van der Waals surface area contributed by atoms with Gasteiger partial charge in [0.2, 0.25) is 0 Å². The maximum atomic E-state index is 8.33. The van der Waals surface area contributed by atoms with E-state index in [2.05, 4.69) is 9.97 Å². The summed E-state index contributed by atoms with van der Waals surface area (Å²) in [5, 5.41) is 8.33. The topological polar surface area (TPSA) is 75.6 Å². The van der Waals surface area contributed by atoms with Gasteiger partial charge in [0.1, 0.15) is 6.33 Å². The Hall–Kier alpha value is -1.47. The lowest BCUT2D eigenvalue weighted by molar-refractivity contribution is 0.738. The molecule has 1 unspecified atom stereocenters. The Balaban J connectivity index is 2.70. The first-order valence-electron chi connectivity index (χ1n) is 3.22. The summed E-state index contributed by atoms with van der Waals surface area (Å²) in [6.07, 6.45) is 4.97. The number of rotatable bonds is 2. The van der Waals surface area contributed by atoms with Gasteiger partial charge in [0.05, 0.1) is 12.5 Å². The monoisotopic (exact) mass is 148 g/mol. The van der Waals surface area contributed by atoms with Gasteiger partial charge in [0.25, 0.3) is 0 Å². The van der Waals surface area contributed by atoms with Gasteiger partial charge in [-0.2, -0.15) is 5.26 Å². The molecule has 0 saturated heterocycles. The van der Waals surface area contributed by atoms with E-state index in [1.165, 1.54) is 6.33 Å². The molecule has 11 heavy (non-hydrogen) atoms. The Morgan fingerprint density at radius 3 is 2.73 bits per heavy atom. The highest BCUT2D eigenvalue weighted by atomic mass is 14.8. The SMILES string of the molecule is N#CCC(N)c1cncnc1. The molecular weight excluding hydrogens is 140 g/mol. The second-order valence-corrected chi connectivity index (χ2v) is 2.14. The van der Waals surface area contributed by atoms with Crippen LogP contribution in [0.25, 0.3) is 0 Å². The molecule has 4 heteroatoms. The minimum atomic E-state index is -0.263. The molecule has 1 rings (SSSR count). The van der Waals surface area contributed by atoms with Crippen LogP contribution in [-0.2, 0) is 0 Å². The van der Waals surface area contributed by atoms with Crippen molar-refractivity contribution < 1.29 is 0 Å². The highest BCUT2D eigenvalue weighted by Gasteiger charge is 2.03. The second-order valence-electron chi connectivity index (χ2n) is 2.14. The third-order valence-corrected chi connectivity index (χ3v) is 1.32. The lowest BCUT2D eigenvalue weighted by atomic mass is 10.1. The van der Waals surface area contributed by atoms with Crippen LogP contribution in [0.5, 0.6) is 0 Å². The molecule has 2 N–H and O–H groups in total. The summed E-state index contributed by atoms with van der Waals surface area (Å²) < 4.78 is 0. The van der Waals surface area contributed by atoms with Crippen LogP contribution in [0.3, 0.4) is 0 Å². The third kappa shape index (κ3) is 1.99. The first kappa shape index (κ1) is 7.63. The summed E-state index contributed by atoms with van der Waals surface area (Å²) in [6.45, 7) is 0. The molecular formula is C7H8N4. The van der Waals surface area contributed by atoms with E-state index in [9.17, 15) is 0 Å². The van der Waals surface area contributed by atoms with Crippen LogP contribution in [-0.4, -0.2) is 9.97 Å². The summed E-state index contributed by atoms with van der Waals surface area (Å²) in [4.78, 5) is 7.57. The van der Waals surface area contributed by atoms with Crippen LogP contribution in [0, 0.1) is 11.3 Å². The largest absolute Gasteiger partial charge is 0.323 e. The zero-order chi connectivity index (χ0) is 8.10. The summed E-state index contributed by atoms with van der Waals surface area (Å²) in [5.41, 5.74) is 6.40. The lowest BCUT2D eigenvalue weighted by Crippen LogP contribution is -2.09. The van der Waals surface area contributed by atoms with Gasteiger partial charge in [-0.1, -0.05) is 0 Å². The number of aromatic nitrogens is 2. The molecule has 0 spiro atoms. The normalized spacial score (nSPS) is 12.0. The molecule has 0 aromatic carbocycles. The predicted molar refractivity (Wildman–Crippen MR) is 39.2 cm³/mol. The maximum absolute atomic E-state index is 8.33. The average molecular weight is 148 g/mol. The van der Waals surface area contributed by atoms with Gasteiger partial charge in [0, 0.05) is 24.0 Å². The van der Waals surface area contributed by atoms with Gasteiger partial charge in [-0.25, -0.2) is 9.97 Å². The molecule has 1 heterocycles. The number of nitriles is 1. The van der Waals surface area contributed by atoms with E-state index in [1.807, 2.05) is 6.07 Å². The molecule has 0 aliphatic carbocycles. The zero-order valence-electron chi connectivity index (χ0n) is 5.94. The highest BCUT2D eigenvalue weighted by molar-refractivity contribution is 5.09. The number of nitrogens with zero attached hydrogens (tertiary/aromatic N) is 3. The summed E-state index contributed by atoms with van der Waals surface area (Å²) in [5.74, 6) is 0. The van der Waals surface area contributed by atoms with E-state index >= 15 is 0 Å². The van der Waals surface area contributed by atoms with E-state index < -0.39 is 0 Å². The molecule has 0 bridgehead atoms. The molecule has 0 saturated carbocycles. The van der Waals surface area contributed by atoms with Crippen LogP contribution < -0.4 is 5.73 Å². The minimum Gasteiger partial charge on any atom is -0.323 e. The van der Waals surface area contributed by atoms with Gasteiger partial charge in [-0.15, -0.1) is 0 Å². The highest BCUT2D eigenvalue weighted by Crippen LogP contribution is 2.08. The molecule has 1 aromatic rings. The van der Waals surface area contributed by atoms with Crippen molar-refractivity contribution in [3.05, 3.63) is 24.3 Å². The Morgan fingerprint density at radius 2 is 2.18 bits per heavy atom. The third-order valence-electron chi connectivity index (χ3n) is 1.32. The average Bonchev–Trinajstić information content (AvgIpc) is 2.07. The second kappa shape index (κ2) is 3.64. The van der Waals surface area contributed by atoms with Crippen molar-refractivity contribution in [1.82, 2.24) is 9.97 Å². The van der Waals surface area contributed by atoms with Gasteiger partial charge in [0.15, 0.2) is 0 Å². The van der Waals surface area contributed by atoms with Crippen molar-refractivity contribution in [1.29, 1.82) is 5.26 Å². The number of hydrogen-bond acceptors (Lipinski definition) is 4. The van der Waals surface area contributed by atoms with E-state index in [-0.39, 0.29) is 6.04 Å².